The average Bonchev–Trinajstić information content (AvgIpc) is 2.44. The van der Waals surface area contributed by atoms with E-state index in [0.29, 0.717) is 23.9 Å². The minimum absolute atomic E-state index is 0.250. The molecule has 3 rings (SSSR count). The van der Waals surface area contributed by atoms with E-state index < -0.39 is 0 Å². The Labute approximate surface area is 118 Å². The predicted octanol–water partition coefficient (Wildman–Crippen LogP) is 1.55. The maximum absolute atomic E-state index is 11.9. The predicted molar refractivity (Wildman–Crippen MR) is 77.3 cm³/mol. The highest BCUT2D eigenvalue weighted by Crippen LogP contribution is 2.30. The van der Waals surface area contributed by atoms with Crippen molar-refractivity contribution in [2.75, 3.05) is 6.73 Å². The number of nitrogens with one attached hydrogen (secondary N) is 1. The molecular formula is C16H20NO3+. The molecule has 0 amide bonds. The van der Waals surface area contributed by atoms with Crippen LogP contribution in [-0.4, -0.2) is 12.8 Å². The Hall–Kier alpha value is -1.81. The summed E-state index contributed by atoms with van der Waals surface area (Å²) in [6, 6.07) is 4.44. The van der Waals surface area contributed by atoms with Crippen LogP contribution in [0.15, 0.2) is 21.3 Å². The lowest BCUT2D eigenvalue weighted by molar-refractivity contribution is -0.952. The third kappa shape index (κ3) is 1.91. The van der Waals surface area contributed by atoms with Crippen LogP contribution in [0.2, 0.25) is 0 Å². The van der Waals surface area contributed by atoms with Crippen LogP contribution in [0.25, 0.3) is 11.0 Å². The summed E-state index contributed by atoms with van der Waals surface area (Å²) < 4.78 is 11.4. The fourth-order valence-electron chi connectivity index (χ4n) is 2.67. The van der Waals surface area contributed by atoms with Gasteiger partial charge in [0.15, 0.2) is 5.58 Å². The van der Waals surface area contributed by atoms with Gasteiger partial charge in [-0.3, -0.25) is 4.90 Å². The number of rotatable bonds is 1. The SMILES string of the molecule is Cc1c(C)c2ccc3c(c2oc1=O)C[NH+](C(C)C)CO3. The molecule has 1 aromatic carbocycles. The molecule has 4 heteroatoms. The molecule has 0 spiro atoms. The van der Waals surface area contributed by atoms with Gasteiger partial charge in [0.05, 0.1) is 11.6 Å². The lowest BCUT2D eigenvalue weighted by atomic mass is 10.0. The molecule has 0 radical (unpaired) electrons. The van der Waals surface area contributed by atoms with E-state index in [1.54, 1.807) is 0 Å². The summed E-state index contributed by atoms with van der Waals surface area (Å²) in [7, 11) is 0. The minimum atomic E-state index is -0.250. The lowest BCUT2D eigenvalue weighted by Crippen LogP contribution is -3.15. The van der Waals surface area contributed by atoms with Crippen LogP contribution in [0.4, 0.5) is 0 Å². The van der Waals surface area contributed by atoms with Crippen molar-refractivity contribution in [3.8, 4) is 5.75 Å². The summed E-state index contributed by atoms with van der Waals surface area (Å²) in [6.45, 7) is 9.60. The maximum Gasteiger partial charge on any atom is 0.339 e. The van der Waals surface area contributed by atoms with Crippen molar-refractivity contribution in [3.05, 3.63) is 39.2 Å². The molecule has 4 nitrogen and oxygen atoms in total. The molecule has 1 aliphatic heterocycles. The second kappa shape index (κ2) is 4.63. The van der Waals surface area contributed by atoms with Gasteiger partial charge in [-0.05, 0) is 45.4 Å². The van der Waals surface area contributed by atoms with Gasteiger partial charge in [0.1, 0.15) is 12.3 Å². The second-order valence-electron chi connectivity index (χ2n) is 5.84. The van der Waals surface area contributed by atoms with Crippen molar-refractivity contribution in [2.24, 2.45) is 0 Å². The first kappa shape index (κ1) is 13.2. The smallest absolute Gasteiger partial charge is 0.339 e. The highest BCUT2D eigenvalue weighted by Gasteiger charge is 2.26. The van der Waals surface area contributed by atoms with Gasteiger partial charge in [-0.25, -0.2) is 4.79 Å². The molecule has 2 aromatic rings. The highest BCUT2D eigenvalue weighted by molar-refractivity contribution is 5.85. The summed E-state index contributed by atoms with van der Waals surface area (Å²) in [5.74, 6) is 0.841. The first-order chi connectivity index (χ1) is 9.49. The topological polar surface area (TPSA) is 43.9 Å². The van der Waals surface area contributed by atoms with Gasteiger partial charge in [-0.15, -0.1) is 0 Å². The molecule has 1 unspecified atom stereocenters. The van der Waals surface area contributed by atoms with E-state index in [9.17, 15) is 4.79 Å². The Balaban J connectivity index is 2.26. The number of fused-ring (bicyclic) bond motifs is 3. The maximum atomic E-state index is 11.9. The van der Waals surface area contributed by atoms with E-state index >= 15 is 0 Å². The molecule has 1 atom stereocenters. The Morgan fingerprint density at radius 1 is 1.20 bits per heavy atom. The summed E-state index contributed by atoms with van der Waals surface area (Å²) in [5, 5.41) is 1.01. The summed E-state index contributed by atoms with van der Waals surface area (Å²) >= 11 is 0. The van der Waals surface area contributed by atoms with Gasteiger partial charge in [0.2, 0.25) is 6.73 Å². The second-order valence-corrected chi connectivity index (χ2v) is 5.84. The van der Waals surface area contributed by atoms with Gasteiger partial charge in [-0.2, -0.15) is 0 Å². The molecule has 1 aliphatic rings. The fourth-order valence-corrected chi connectivity index (χ4v) is 2.67. The monoisotopic (exact) mass is 274 g/mol. The molecule has 1 N–H and O–H groups in total. The Bertz CT molecular complexity index is 731. The van der Waals surface area contributed by atoms with Crippen LogP contribution < -0.4 is 15.3 Å². The number of ether oxygens (including phenoxy) is 1. The highest BCUT2D eigenvalue weighted by atomic mass is 16.5. The molecule has 0 aliphatic carbocycles. The van der Waals surface area contributed by atoms with Gasteiger partial charge in [0.25, 0.3) is 0 Å². The Morgan fingerprint density at radius 2 is 1.95 bits per heavy atom. The zero-order valence-corrected chi connectivity index (χ0v) is 12.4. The first-order valence-electron chi connectivity index (χ1n) is 7.02. The largest absolute Gasteiger partial charge is 0.445 e. The quantitative estimate of drug-likeness (QED) is 0.803. The lowest BCUT2D eigenvalue weighted by Gasteiger charge is -2.29. The van der Waals surface area contributed by atoms with Crippen molar-refractivity contribution in [2.45, 2.75) is 40.3 Å². The van der Waals surface area contributed by atoms with Crippen molar-refractivity contribution in [1.82, 2.24) is 0 Å². The van der Waals surface area contributed by atoms with Gasteiger partial charge in [-0.1, -0.05) is 0 Å². The third-order valence-corrected chi connectivity index (χ3v) is 4.32. The molecule has 0 bridgehead atoms. The third-order valence-electron chi connectivity index (χ3n) is 4.32. The summed E-state index contributed by atoms with van der Waals surface area (Å²) in [4.78, 5) is 13.3. The van der Waals surface area contributed by atoms with Crippen molar-refractivity contribution < 1.29 is 14.1 Å². The molecule has 0 saturated carbocycles. The fraction of sp³-hybridized carbons (Fsp3) is 0.438. The number of hydrogen-bond donors (Lipinski definition) is 1. The van der Waals surface area contributed by atoms with E-state index in [4.69, 9.17) is 9.15 Å². The zero-order valence-electron chi connectivity index (χ0n) is 12.4. The van der Waals surface area contributed by atoms with Crippen LogP contribution in [0.5, 0.6) is 5.75 Å². The van der Waals surface area contributed by atoms with Gasteiger partial charge in [0, 0.05) is 10.9 Å². The molecular weight excluding hydrogens is 254 g/mol. The Morgan fingerprint density at radius 3 is 2.65 bits per heavy atom. The van der Waals surface area contributed by atoms with Crippen LogP contribution in [0.3, 0.4) is 0 Å². The van der Waals surface area contributed by atoms with Crippen LogP contribution in [0, 0.1) is 13.8 Å². The van der Waals surface area contributed by atoms with Gasteiger partial charge >= 0.3 is 5.63 Å². The van der Waals surface area contributed by atoms with Crippen molar-refractivity contribution >= 4 is 11.0 Å². The number of aryl methyl sites for hydroxylation is 1. The number of benzene rings is 1. The first-order valence-corrected chi connectivity index (χ1v) is 7.02. The number of quaternary nitrogens is 1. The van der Waals surface area contributed by atoms with E-state index in [1.165, 1.54) is 4.90 Å². The van der Waals surface area contributed by atoms with E-state index in [0.717, 1.165) is 28.8 Å². The zero-order chi connectivity index (χ0) is 14.4. The normalized spacial score (nSPS) is 18.1. The van der Waals surface area contributed by atoms with Crippen LogP contribution in [-0.2, 0) is 6.54 Å². The van der Waals surface area contributed by atoms with E-state index in [2.05, 4.69) is 13.8 Å². The van der Waals surface area contributed by atoms with Gasteiger partial charge < -0.3 is 9.15 Å². The molecule has 2 heterocycles. The number of hydrogen-bond acceptors (Lipinski definition) is 3. The minimum Gasteiger partial charge on any atom is -0.445 e. The molecule has 0 fully saturated rings. The molecule has 1 aromatic heterocycles. The van der Waals surface area contributed by atoms with Crippen LogP contribution in [0.1, 0.15) is 30.5 Å². The summed E-state index contributed by atoms with van der Waals surface area (Å²) in [5.41, 5.74) is 3.13. The van der Waals surface area contributed by atoms with E-state index in [1.807, 2.05) is 26.0 Å². The van der Waals surface area contributed by atoms with Crippen LogP contribution >= 0.6 is 0 Å². The van der Waals surface area contributed by atoms with E-state index in [-0.39, 0.29) is 5.63 Å². The molecule has 0 saturated heterocycles. The molecule has 20 heavy (non-hydrogen) atoms. The average molecular weight is 274 g/mol. The molecule has 106 valence electrons. The standard InChI is InChI=1S/C16H19NO3/c1-9(2)17-7-13-14(19-8-17)6-5-12-10(3)11(4)16(18)20-15(12)13/h5-6,9H,7-8H2,1-4H3/p+1. The van der Waals surface area contributed by atoms with Crippen molar-refractivity contribution in [3.63, 3.8) is 0 Å². The Kier molecular flexibility index (Phi) is 3.05. The van der Waals surface area contributed by atoms with Crippen molar-refractivity contribution in [1.29, 1.82) is 0 Å². The summed E-state index contributed by atoms with van der Waals surface area (Å²) in [6.07, 6.45) is 0.